The van der Waals surface area contributed by atoms with Gasteiger partial charge in [-0.15, -0.1) is 0 Å². The van der Waals surface area contributed by atoms with E-state index in [1.54, 1.807) is 0 Å². The van der Waals surface area contributed by atoms with Crippen molar-refractivity contribution in [2.24, 2.45) is 0 Å². The first-order chi connectivity index (χ1) is 9.40. The van der Waals surface area contributed by atoms with Crippen molar-refractivity contribution in [1.29, 1.82) is 0 Å². The SMILES string of the molecule is CC(C)c1cccc(Cl)c1.Cc1ccc(C(C)C)cc1. The molecule has 20 heavy (non-hydrogen) atoms. The van der Waals surface area contributed by atoms with Crippen LogP contribution in [0.1, 0.15) is 56.2 Å². The van der Waals surface area contributed by atoms with Gasteiger partial charge in [-0.25, -0.2) is 0 Å². The summed E-state index contributed by atoms with van der Waals surface area (Å²) in [6.45, 7) is 10.9. The molecule has 108 valence electrons. The zero-order valence-corrected chi connectivity index (χ0v) is 13.9. The summed E-state index contributed by atoms with van der Waals surface area (Å²) in [7, 11) is 0. The fourth-order valence-electron chi connectivity index (χ4n) is 1.82. The Kier molecular flexibility index (Phi) is 6.81. The van der Waals surface area contributed by atoms with Crippen molar-refractivity contribution in [3.05, 3.63) is 70.2 Å². The Labute approximate surface area is 128 Å². The number of benzene rings is 2. The molecule has 2 aromatic carbocycles. The Balaban J connectivity index is 0.000000200. The third kappa shape index (κ3) is 5.79. The van der Waals surface area contributed by atoms with Gasteiger partial charge in [0.1, 0.15) is 0 Å². The van der Waals surface area contributed by atoms with Gasteiger partial charge in [0.05, 0.1) is 0 Å². The zero-order chi connectivity index (χ0) is 15.1. The molecule has 0 N–H and O–H groups in total. The molecular weight excluding hydrogens is 264 g/mol. The topological polar surface area (TPSA) is 0 Å². The van der Waals surface area contributed by atoms with Crippen molar-refractivity contribution in [2.75, 3.05) is 0 Å². The molecule has 0 bridgehead atoms. The minimum absolute atomic E-state index is 0.568. The van der Waals surface area contributed by atoms with Crippen LogP contribution in [-0.4, -0.2) is 0 Å². The molecule has 0 aromatic heterocycles. The third-order valence-electron chi connectivity index (χ3n) is 3.26. The quantitative estimate of drug-likeness (QED) is 0.585. The molecule has 0 atom stereocenters. The van der Waals surface area contributed by atoms with Gasteiger partial charge in [-0.1, -0.05) is 81.3 Å². The van der Waals surface area contributed by atoms with E-state index in [2.05, 4.69) is 65.0 Å². The minimum Gasteiger partial charge on any atom is -0.0843 e. The van der Waals surface area contributed by atoms with E-state index in [9.17, 15) is 0 Å². The lowest BCUT2D eigenvalue weighted by Gasteiger charge is -2.03. The fourth-order valence-corrected chi connectivity index (χ4v) is 2.02. The van der Waals surface area contributed by atoms with Crippen molar-refractivity contribution in [3.8, 4) is 0 Å². The summed E-state index contributed by atoms with van der Waals surface area (Å²) in [5.74, 6) is 1.22. The molecule has 0 aliphatic heterocycles. The molecule has 0 amide bonds. The van der Waals surface area contributed by atoms with E-state index in [1.807, 2.05) is 18.2 Å². The number of hydrogen-bond donors (Lipinski definition) is 0. The number of aryl methyl sites for hydroxylation is 1. The first-order valence-corrected chi connectivity index (χ1v) is 7.60. The first-order valence-electron chi connectivity index (χ1n) is 7.22. The normalized spacial score (nSPS) is 10.4. The molecule has 0 heterocycles. The first kappa shape index (κ1) is 16.8. The predicted octanol–water partition coefficient (Wildman–Crippen LogP) is 6.58. The van der Waals surface area contributed by atoms with Gasteiger partial charge >= 0.3 is 0 Å². The van der Waals surface area contributed by atoms with E-state index in [4.69, 9.17) is 11.6 Å². The maximum absolute atomic E-state index is 5.79. The molecule has 2 rings (SSSR count). The lowest BCUT2D eigenvalue weighted by Crippen LogP contribution is -1.85. The fraction of sp³-hybridized carbons (Fsp3) is 0.368. The molecule has 0 fully saturated rings. The number of hydrogen-bond acceptors (Lipinski definition) is 0. The third-order valence-corrected chi connectivity index (χ3v) is 3.49. The van der Waals surface area contributed by atoms with Crippen LogP contribution in [0.5, 0.6) is 0 Å². The average Bonchev–Trinajstić information content (AvgIpc) is 2.40. The van der Waals surface area contributed by atoms with Gasteiger partial charge < -0.3 is 0 Å². The highest BCUT2D eigenvalue weighted by Gasteiger charge is 1.97. The Morgan fingerprint density at radius 1 is 0.750 bits per heavy atom. The second kappa shape index (κ2) is 8.11. The maximum atomic E-state index is 5.79. The maximum Gasteiger partial charge on any atom is 0.0408 e. The van der Waals surface area contributed by atoms with Crippen molar-refractivity contribution in [3.63, 3.8) is 0 Å². The Morgan fingerprint density at radius 2 is 1.30 bits per heavy atom. The Morgan fingerprint density at radius 3 is 1.70 bits per heavy atom. The number of rotatable bonds is 2. The number of halogens is 1. The average molecular weight is 289 g/mol. The second-order valence-corrected chi connectivity index (χ2v) is 6.21. The highest BCUT2D eigenvalue weighted by Crippen LogP contribution is 2.18. The highest BCUT2D eigenvalue weighted by molar-refractivity contribution is 6.30. The lowest BCUT2D eigenvalue weighted by atomic mass is 10.0. The van der Waals surface area contributed by atoms with Crippen LogP contribution in [0.2, 0.25) is 5.02 Å². The largest absolute Gasteiger partial charge is 0.0843 e. The summed E-state index contributed by atoms with van der Waals surface area (Å²) >= 11 is 5.79. The molecule has 0 unspecified atom stereocenters. The van der Waals surface area contributed by atoms with Crippen LogP contribution in [-0.2, 0) is 0 Å². The van der Waals surface area contributed by atoms with Crippen molar-refractivity contribution >= 4 is 11.6 Å². The van der Waals surface area contributed by atoms with Gasteiger partial charge in [-0.05, 0) is 42.0 Å². The van der Waals surface area contributed by atoms with Crippen LogP contribution in [0, 0.1) is 6.92 Å². The van der Waals surface area contributed by atoms with Gasteiger partial charge in [0, 0.05) is 5.02 Å². The van der Waals surface area contributed by atoms with Gasteiger partial charge in [-0.2, -0.15) is 0 Å². The van der Waals surface area contributed by atoms with Crippen molar-refractivity contribution < 1.29 is 0 Å². The van der Waals surface area contributed by atoms with Crippen LogP contribution in [0.3, 0.4) is 0 Å². The second-order valence-electron chi connectivity index (χ2n) is 5.78. The smallest absolute Gasteiger partial charge is 0.0408 e. The van der Waals surface area contributed by atoms with E-state index < -0.39 is 0 Å². The van der Waals surface area contributed by atoms with E-state index >= 15 is 0 Å². The van der Waals surface area contributed by atoms with E-state index in [0.717, 1.165) is 5.02 Å². The molecule has 0 saturated heterocycles. The van der Waals surface area contributed by atoms with E-state index in [1.165, 1.54) is 16.7 Å². The monoisotopic (exact) mass is 288 g/mol. The van der Waals surface area contributed by atoms with Crippen molar-refractivity contribution in [1.82, 2.24) is 0 Å². The predicted molar refractivity (Wildman–Crippen MR) is 90.8 cm³/mol. The molecule has 0 radical (unpaired) electrons. The van der Waals surface area contributed by atoms with E-state index in [-0.39, 0.29) is 0 Å². The summed E-state index contributed by atoms with van der Waals surface area (Å²) in [6.07, 6.45) is 0. The van der Waals surface area contributed by atoms with Crippen LogP contribution in [0.4, 0.5) is 0 Å². The zero-order valence-electron chi connectivity index (χ0n) is 13.2. The van der Waals surface area contributed by atoms with Crippen molar-refractivity contribution in [2.45, 2.75) is 46.5 Å². The van der Waals surface area contributed by atoms with Gasteiger partial charge in [0.2, 0.25) is 0 Å². The lowest BCUT2D eigenvalue weighted by molar-refractivity contribution is 0.866. The van der Waals surface area contributed by atoms with Crippen LogP contribution >= 0.6 is 11.6 Å². The van der Waals surface area contributed by atoms with Gasteiger partial charge in [-0.3, -0.25) is 0 Å². The standard InChI is InChI=1S/C10H14.C9H11Cl/c1-8(2)10-6-4-9(3)5-7-10;1-7(2)8-4-3-5-9(10)6-8/h4-8H,1-3H3;3-7H,1-2H3. The molecule has 2 aromatic rings. The molecule has 0 saturated carbocycles. The van der Waals surface area contributed by atoms with Gasteiger partial charge in [0.25, 0.3) is 0 Å². The summed E-state index contributed by atoms with van der Waals surface area (Å²) < 4.78 is 0. The molecule has 0 aliphatic carbocycles. The Hall–Kier alpha value is -1.27. The molecular formula is C19H25Cl. The molecule has 0 spiro atoms. The van der Waals surface area contributed by atoms with Crippen LogP contribution < -0.4 is 0 Å². The van der Waals surface area contributed by atoms with Gasteiger partial charge in [0.15, 0.2) is 0 Å². The van der Waals surface area contributed by atoms with Crippen LogP contribution in [0.25, 0.3) is 0 Å². The molecule has 0 aliphatic rings. The Bertz CT molecular complexity index is 510. The minimum atomic E-state index is 0.568. The van der Waals surface area contributed by atoms with E-state index in [0.29, 0.717) is 11.8 Å². The summed E-state index contributed by atoms with van der Waals surface area (Å²) in [4.78, 5) is 0. The van der Waals surface area contributed by atoms with Crippen LogP contribution in [0.15, 0.2) is 48.5 Å². The summed E-state index contributed by atoms with van der Waals surface area (Å²) in [6, 6.07) is 16.7. The molecule has 1 heteroatoms. The highest BCUT2D eigenvalue weighted by atomic mass is 35.5. The summed E-state index contributed by atoms with van der Waals surface area (Å²) in [5, 5.41) is 0.825. The summed E-state index contributed by atoms with van der Waals surface area (Å²) in [5.41, 5.74) is 4.06. The molecule has 0 nitrogen and oxygen atoms in total.